The maximum Gasteiger partial charge on any atom is 0.217 e. The summed E-state index contributed by atoms with van der Waals surface area (Å²) in [6, 6.07) is 32.6. The van der Waals surface area contributed by atoms with Crippen LogP contribution in [0.1, 0.15) is 84.1 Å². The van der Waals surface area contributed by atoms with Gasteiger partial charge in [-0.25, -0.2) is 0 Å². The second kappa shape index (κ2) is 32.2. The Morgan fingerprint density at radius 1 is 0.828 bits per heavy atom. The summed E-state index contributed by atoms with van der Waals surface area (Å²) in [5.41, 5.74) is 9.73. The van der Waals surface area contributed by atoms with E-state index in [0.29, 0.717) is 25.0 Å². The second-order valence-electron chi connectivity index (χ2n) is 12.9. The van der Waals surface area contributed by atoms with E-state index in [1.807, 2.05) is 76.3 Å². The zero-order chi connectivity index (χ0) is 43.7. The van der Waals surface area contributed by atoms with E-state index < -0.39 is 0 Å². The minimum Gasteiger partial charge on any atom is -0.494 e. The molecule has 0 radical (unpaired) electrons. The average Bonchev–Trinajstić information content (AvgIpc) is 3.25. The number of amides is 2. The van der Waals surface area contributed by atoms with Crippen LogP contribution in [0.5, 0.6) is 5.75 Å². The van der Waals surface area contributed by atoms with E-state index in [4.69, 9.17) is 14.3 Å². The van der Waals surface area contributed by atoms with Gasteiger partial charge in [-0.15, -0.1) is 6.58 Å². The lowest BCUT2D eigenvalue weighted by Gasteiger charge is -2.17. The van der Waals surface area contributed by atoms with Gasteiger partial charge in [-0.05, 0) is 117 Å². The fraction of sp³-hybridized carbons (Fsp3) is 0.312. The van der Waals surface area contributed by atoms with E-state index in [2.05, 4.69) is 83.7 Å². The first-order valence-electron chi connectivity index (χ1n) is 19.2. The number of hydrogen-bond donors (Lipinski definition) is 4. The first kappa shape index (κ1) is 52.0. The summed E-state index contributed by atoms with van der Waals surface area (Å²) in [7, 11) is 6.81. The Morgan fingerprint density at radius 3 is 2.02 bits per heavy atom. The molecule has 0 heterocycles. The molecule has 0 aliphatic rings. The molecule has 0 aliphatic heterocycles. The summed E-state index contributed by atoms with van der Waals surface area (Å²) in [6.45, 7) is 12.0. The fourth-order valence-corrected chi connectivity index (χ4v) is 5.92. The van der Waals surface area contributed by atoms with Crippen LogP contribution in [-0.2, 0) is 25.6 Å². The van der Waals surface area contributed by atoms with Crippen LogP contribution in [0, 0.1) is 6.92 Å². The monoisotopic (exact) mass is 792 g/mol. The van der Waals surface area contributed by atoms with Crippen molar-refractivity contribution < 1.29 is 28.7 Å². The normalized spacial score (nSPS) is 10.6. The number of nitrogens with two attached hydrogens (primary N) is 1. The number of fused-ring (bicyclic) bond motifs is 2. The summed E-state index contributed by atoms with van der Waals surface area (Å²) in [5.74, 6) is 0.443. The van der Waals surface area contributed by atoms with E-state index in [1.54, 1.807) is 20.0 Å². The Bertz CT molecular complexity index is 1920. The summed E-state index contributed by atoms with van der Waals surface area (Å²) in [4.78, 5) is 51.6. The van der Waals surface area contributed by atoms with Crippen molar-refractivity contribution in [2.75, 3.05) is 34.8 Å². The lowest BCUT2D eigenvalue weighted by molar-refractivity contribution is -0.119. The number of rotatable bonds is 15. The van der Waals surface area contributed by atoms with Crippen LogP contribution < -0.4 is 26.4 Å². The molecular weight excluding hydrogens is 729 g/mol. The van der Waals surface area contributed by atoms with E-state index in [1.165, 1.54) is 28.9 Å². The summed E-state index contributed by atoms with van der Waals surface area (Å²) in [5, 5.41) is 12.1. The van der Waals surface area contributed by atoms with Crippen molar-refractivity contribution in [2.24, 2.45) is 5.73 Å². The van der Waals surface area contributed by atoms with Crippen molar-refractivity contribution in [3.05, 3.63) is 138 Å². The Kier molecular flexibility index (Phi) is 28.8. The van der Waals surface area contributed by atoms with E-state index in [9.17, 15) is 14.4 Å². The molecule has 0 bridgehead atoms. The molecule has 0 aliphatic carbocycles. The molecule has 0 spiro atoms. The van der Waals surface area contributed by atoms with Crippen LogP contribution in [0.15, 0.2) is 110 Å². The van der Waals surface area contributed by atoms with Gasteiger partial charge in [0.1, 0.15) is 18.8 Å². The molecule has 312 valence electrons. The smallest absolute Gasteiger partial charge is 0.217 e. The van der Waals surface area contributed by atoms with Crippen molar-refractivity contribution in [3.63, 3.8) is 0 Å². The number of carbonyl (C=O) groups is 5. The van der Waals surface area contributed by atoms with Crippen LogP contribution in [-0.4, -0.2) is 66.5 Å². The highest BCUT2D eigenvalue weighted by Gasteiger charge is 2.17. The van der Waals surface area contributed by atoms with E-state index in [0.717, 1.165) is 65.9 Å². The van der Waals surface area contributed by atoms with Gasteiger partial charge in [0.15, 0.2) is 6.29 Å². The van der Waals surface area contributed by atoms with Crippen LogP contribution in [0.2, 0.25) is 0 Å². The molecular formula is C48H64N4O6. The maximum atomic E-state index is 11.9. The lowest BCUT2D eigenvalue weighted by Crippen LogP contribution is -2.23. The molecule has 5 rings (SSSR count). The summed E-state index contributed by atoms with van der Waals surface area (Å²) in [6.07, 6.45) is 8.68. The number of nitrogens with one attached hydrogen (secondary N) is 3. The molecule has 2 atom stereocenters. The van der Waals surface area contributed by atoms with Gasteiger partial charge in [0.25, 0.3) is 0 Å². The molecule has 2 amide bonds. The lowest BCUT2D eigenvalue weighted by atomic mass is 9.88. The van der Waals surface area contributed by atoms with Crippen molar-refractivity contribution in [2.45, 2.75) is 64.8 Å². The van der Waals surface area contributed by atoms with Gasteiger partial charge < -0.3 is 36.0 Å². The topological polar surface area (TPSA) is 157 Å². The molecule has 10 nitrogen and oxygen atoms in total. The third-order valence-corrected chi connectivity index (χ3v) is 8.46. The van der Waals surface area contributed by atoms with Gasteiger partial charge in [0, 0.05) is 25.5 Å². The average molecular weight is 793 g/mol. The molecule has 5 aromatic rings. The van der Waals surface area contributed by atoms with Crippen molar-refractivity contribution in [1.82, 2.24) is 16.0 Å². The Morgan fingerprint density at radius 2 is 1.43 bits per heavy atom. The Labute approximate surface area is 345 Å². The highest BCUT2D eigenvalue weighted by atomic mass is 16.5. The maximum absolute atomic E-state index is 11.9. The molecule has 0 fully saturated rings. The van der Waals surface area contributed by atoms with E-state index >= 15 is 0 Å². The number of allylic oxidation sites excluding steroid dienone is 1. The van der Waals surface area contributed by atoms with Crippen LogP contribution >= 0.6 is 0 Å². The third kappa shape index (κ3) is 18.8. The number of carbonyl (C=O) groups excluding carboxylic acids is 5. The highest BCUT2D eigenvalue weighted by molar-refractivity contribution is 6.02. The number of hydrogen-bond acceptors (Lipinski definition) is 8. The van der Waals surface area contributed by atoms with Crippen molar-refractivity contribution in [3.8, 4) is 5.75 Å². The molecule has 0 aromatic heterocycles. The molecule has 0 saturated carbocycles. The Balaban J connectivity index is 0.00000100. The third-order valence-electron chi connectivity index (χ3n) is 8.46. The highest BCUT2D eigenvalue weighted by Crippen LogP contribution is 2.34. The number of aldehydes is 2. The Hall–Kier alpha value is -5.97. The van der Waals surface area contributed by atoms with Gasteiger partial charge in [-0.2, -0.15) is 0 Å². The SMILES string of the molecule is C=CCCC(C=O)c1cc(OCCCCc2ccc(C)cc2)cc2cccc(C=O)c12.C=O.CC(=O)NC(C)c1cccc2ccccc12.CN.CNC.CNC=O. The molecule has 5 aromatic carbocycles. The van der Waals surface area contributed by atoms with Gasteiger partial charge in [-0.3, -0.25) is 14.4 Å². The van der Waals surface area contributed by atoms with E-state index in [-0.39, 0.29) is 17.9 Å². The first-order chi connectivity index (χ1) is 28.2. The largest absolute Gasteiger partial charge is 0.494 e. The van der Waals surface area contributed by atoms with Crippen LogP contribution in [0.25, 0.3) is 21.5 Å². The predicted molar refractivity (Wildman–Crippen MR) is 241 cm³/mol. The zero-order valence-electron chi connectivity index (χ0n) is 35.4. The van der Waals surface area contributed by atoms with Crippen LogP contribution in [0.4, 0.5) is 0 Å². The van der Waals surface area contributed by atoms with Gasteiger partial charge in [0.05, 0.1) is 12.6 Å². The first-order valence-corrected chi connectivity index (χ1v) is 19.2. The molecule has 10 heteroatoms. The molecule has 0 saturated heterocycles. The minimum atomic E-state index is -0.299. The fourth-order valence-electron chi connectivity index (χ4n) is 5.92. The minimum absolute atomic E-state index is 0.000402. The van der Waals surface area contributed by atoms with Gasteiger partial charge in [0.2, 0.25) is 12.3 Å². The second-order valence-corrected chi connectivity index (χ2v) is 12.9. The quantitative estimate of drug-likeness (QED) is 0.0469. The number of ether oxygens (including phenoxy) is 1. The predicted octanol–water partition coefficient (Wildman–Crippen LogP) is 8.24. The molecule has 2 unspecified atom stereocenters. The number of aryl methyl sites for hydroxylation is 2. The standard InChI is InChI=1S/C28H30O3.C14H15NO.C2H5NO.C2H7N.CH5N.CH2O/c1-3-4-9-24(19-29)27-18-26(17-23-10-7-11-25(20-30)28(23)27)31-16-6-5-8-22-14-12-21(2)13-15-22;1-10(15-11(2)16)13-9-5-7-12-6-3-4-8-14(12)13;1-3-2-4;1-3-2;2*1-2/h3,7,10-15,17-20,24H,1,4-6,8-9,16H2,2H3;3-10H,1-2H3,(H,15,16);2H,1H3,(H,3,4);3H,1-2H3;2H2,1H3;1H2. The zero-order valence-corrected chi connectivity index (χ0v) is 35.4. The number of benzene rings is 5. The van der Waals surface area contributed by atoms with Crippen LogP contribution in [0.3, 0.4) is 0 Å². The van der Waals surface area contributed by atoms with Crippen molar-refractivity contribution >= 4 is 53.2 Å². The molecule has 58 heavy (non-hydrogen) atoms. The molecule has 5 N–H and O–H groups in total. The summed E-state index contributed by atoms with van der Waals surface area (Å²) >= 11 is 0. The van der Waals surface area contributed by atoms with Crippen molar-refractivity contribution in [1.29, 1.82) is 0 Å². The van der Waals surface area contributed by atoms with Gasteiger partial charge >= 0.3 is 0 Å². The summed E-state index contributed by atoms with van der Waals surface area (Å²) < 4.78 is 6.06. The van der Waals surface area contributed by atoms with Gasteiger partial charge in [-0.1, -0.05) is 96.6 Å². The number of unbranched alkanes of at least 4 members (excludes halogenated alkanes) is 1.